The van der Waals surface area contributed by atoms with Gasteiger partial charge in [-0.2, -0.15) is 0 Å². The second kappa shape index (κ2) is 6.20. The van der Waals surface area contributed by atoms with Crippen molar-refractivity contribution in [2.75, 3.05) is 39.7 Å². The zero-order valence-electron chi connectivity index (χ0n) is 12.7. The first-order valence-corrected chi connectivity index (χ1v) is 7.66. The van der Waals surface area contributed by atoms with Gasteiger partial charge in [0.2, 0.25) is 0 Å². The van der Waals surface area contributed by atoms with Gasteiger partial charge in [0.25, 0.3) is 0 Å². The van der Waals surface area contributed by atoms with E-state index in [-0.39, 0.29) is 5.54 Å². The molecule has 1 aromatic heterocycles. The summed E-state index contributed by atoms with van der Waals surface area (Å²) in [6.07, 6.45) is 4.61. The van der Waals surface area contributed by atoms with Crippen molar-refractivity contribution < 1.29 is 9.53 Å². The number of thiazole rings is 1. The first-order valence-electron chi connectivity index (χ1n) is 6.85. The molecular formula is C14H23N3O2S. The summed E-state index contributed by atoms with van der Waals surface area (Å²) < 4.78 is 5.09. The lowest BCUT2D eigenvalue weighted by Gasteiger charge is -2.49. The molecule has 1 aliphatic rings. The second-order valence-electron chi connectivity index (χ2n) is 5.69. The molecular weight excluding hydrogens is 274 g/mol. The molecule has 0 unspecified atom stereocenters. The fourth-order valence-corrected chi connectivity index (χ4v) is 3.53. The second-order valence-corrected chi connectivity index (χ2v) is 6.70. The van der Waals surface area contributed by atoms with Gasteiger partial charge >= 0.3 is 0 Å². The Hall–Kier alpha value is -0.980. The summed E-state index contributed by atoms with van der Waals surface area (Å²) in [6, 6.07) is 0. The number of hydrogen-bond acceptors (Lipinski definition) is 6. The topological polar surface area (TPSA) is 45.7 Å². The Morgan fingerprint density at radius 3 is 2.55 bits per heavy atom. The average Bonchev–Trinajstić information content (AvgIpc) is 2.77. The van der Waals surface area contributed by atoms with Crippen LogP contribution < -0.4 is 4.90 Å². The maximum atomic E-state index is 11.1. The summed E-state index contributed by atoms with van der Waals surface area (Å²) in [5.41, 5.74) is 0.991. The fourth-order valence-electron chi connectivity index (χ4n) is 2.69. The SMILES string of the molecule is COCc1nc(N(C)CC2(N(C)C)CCC2)sc1C=O. The van der Waals surface area contributed by atoms with Gasteiger partial charge in [0.1, 0.15) is 0 Å². The standard InChI is InChI=1S/C14H23N3O2S/c1-16(2)14(6-5-7-14)10-17(3)13-15-11(9-19-4)12(8-18)20-13/h8H,5-7,9-10H2,1-4H3. The Morgan fingerprint density at radius 2 is 2.10 bits per heavy atom. The molecule has 0 bridgehead atoms. The van der Waals surface area contributed by atoms with Gasteiger partial charge in [-0.3, -0.25) is 4.79 Å². The summed E-state index contributed by atoms with van der Waals surface area (Å²) >= 11 is 1.44. The van der Waals surface area contributed by atoms with E-state index in [0.717, 1.165) is 23.7 Å². The number of hydrogen-bond donors (Lipinski definition) is 0. The lowest BCUT2D eigenvalue weighted by Crippen LogP contribution is -2.56. The van der Waals surface area contributed by atoms with E-state index >= 15 is 0 Å². The summed E-state index contributed by atoms with van der Waals surface area (Å²) in [7, 11) is 7.95. The highest BCUT2D eigenvalue weighted by Gasteiger charge is 2.40. The van der Waals surface area contributed by atoms with Crippen molar-refractivity contribution in [3.8, 4) is 0 Å². The first-order chi connectivity index (χ1) is 9.52. The lowest BCUT2D eigenvalue weighted by molar-refractivity contribution is 0.0683. The van der Waals surface area contributed by atoms with Gasteiger partial charge in [0.05, 0.1) is 17.2 Å². The molecule has 0 radical (unpaired) electrons. The number of rotatable bonds is 7. The van der Waals surface area contributed by atoms with Crippen molar-refractivity contribution in [3.63, 3.8) is 0 Å². The van der Waals surface area contributed by atoms with Crippen LogP contribution in [-0.4, -0.2) is 56.5 Å². The van der Waals surface area contributed by atoms with Crippen LogP contribution >= 0.6 is 11.3 Å². The quantitative estimate of drug-likeness (QED) is 0.721. The van der Waals surface area contributed by atoms with E-state index in [1.54, 1.807) is 7.11 Å². The number of aldehydes is 1. The van der Waals surface area contributed by atoms with E-state index in [1.807, 2.05) is 7.05 Å². The zero-order chi connectivity index (χ0) is 14.8. The van der Waals surface area contributed by atoms with Gasteiger partial charge in [-0.05, 0) is 33.4 Å². The van der Waals surface area contributed by atoms with Crippen LogP contribution in [0.25, 0.3) is 0 Å². The van der Waals surface area contributed by atoms with Crippen molar-refractivity contribution in [3.05, 3.63) is 10.6 Å². The number of methoxy groups -OCH3 is 1. The van der Waals surface area contributed by atoms with E-state index in [2.05, 4.69) is 28.9 Å². The van der Waals surface area contributed by atoms with Crippen LogP contribution in [0.4, 0.5) is 5.13 Å². The van der Waals surface area contributed by atoms with Gasteiger partial charge in [-0.25, -0.2) is 4.98 Å². The van der Waals surface area contributed by atoms with Gasteiger partial charge in [-0.15, -0.1) is 0 Å². The number of anilines is 1. The summed E-state index contributed by atoms with van der Waals surface area (Å²) in [5.74, 6) is 0. The molecule has 1 fully saturated rings. The lowest BCUT2D eigenvalue weighted by atomic mass is 9.75. The fraction of sp³-hybridized carbons (Fsp3) is 0.714. The third-order valence-electron chi connectivity index (χ3n) is 4.20. The first kappa shape index (κ1) is 15.4. The molecule has 1 heterocycles. The smallest absolute Gasteiger partial charge is 0.186 e. The molecule has 0 saturated heterocycles. The summed E-state index contributed by atoms with van der Waals surface area (Å²) in [5, 5.41) is 0.896. The highest BCUT2D eigenvalue weighted by atomic mass is 32.1. The highest BCUT2D eigenvalue weighted by molar-refractivity contribution is 7.17. The van der Waals surface area contributed by atoms with Crippen molar-refractivity contribution >= 4 is 22.8 Å². The molecule has 20 heavy (non-hydrogen) atoms. The predicted molar refractivity (Wildman–Crippen MR) is 81.8 cm³/mol. The van der Waals surface area contributed by atoms with Crippen molar-refractivity contribution in [2.24, 2.45) is 0 Å². The maximum Gasteiger partial charge on any atom is 0.186 e. The molecule has 1 saturated carbocycles. The van der Waals surface area contributed by atoms with Crippen LogP contribution in [0.3, 0.4) is 0 Å². The summed E-state index contributed by atoms with van der Waals surface area (Å²) in [4.78, 5) is 20.8. The Kier molecular flexibility index (Phi) is 4.78. The number of likely N-dealkylation sites (N-methyl/N-ethyl adjacent to an activating group) is 2. The van der Waals surface area contributed by atoms with Gasteiger partial charge in [-0.1, -0.05) is 11.3 Å². The average molecular weight is 297 g/mol. The van der Waals surface area contributed by atoms with E-state index < -0.39 is 0 Å². The molecule has 0 aromatic carbocycles. The Balaban J connectivity index is 2.12. The predicted octanol–water partition coefficient (Wildman–Crippen LogP) is 2.02. The summed E-state index contributed by atoms with van der Waals surface area (Å²) in [6.45, 7) is 1.33. The zero-order valence-corrected chi connectivity index (χ0v) is 13.5. The normalized spacial score (nSPS) is 17.1. The van der Waals surface area contributed by atoms with E-state index in [9.17, 15) is 4.79 Å². The molecule has 5 nitrogen and oxygen atoms in total. The molecule has 0 aliphatic heterocycles. The largest absolute Gasteiger partial charge is 0.378 e. The maximum absolute atomic E-state index is 11.1. The Bertz CT molecular complexity index is 469. The molecule has 1 aromatic rings. The third kappa shape index (κ3) is 2.87. The molecule has 6 heteroatoms. The van der Waals surface area contributed by atoms with E-state index in [0.29, 0.717) is 11.5 Å². The molecule has 1 aliphatic carbocycles. The van der Waals surface area contributed by atoms with Crippen LogP contribution in [0.5, 0.6) is 0 Å². The minimum absolute atomic E-state index is 0.253. The van der Waals surface area contributed by atoms with Crippen molar-refractivity contribution in [1.29, 1.82) is 0 Å². The Labute approximate surface area is 124 Å². The monoisotopic (exact) mass is 297 g/mol. The molecule has 0 spiro atoms. The van der Waals surface area contributed by atoms with Crippen LogP contribution in [0.15, 0.2) is 0 Å². The molecule has 0 N–H and O–H groups in total. The number of aromatic nitrogens is 1. The number of carbonyl (C=O) groups excluding carboxylic acids is 1. The van der Waals surface area contributed by atoms with E-state index in [4.69, 9.17) is 4.74 Å². The van der Waals surface area contributed by atoms with Crippen molar-refractivity contribution in [2.45, 2.75) is 31.4 Å². The van der Waals surface area contributed by atoms with E-state index in [1.165, 1.54) is 30.6 Å². The van der Waals surface area contributed by atoms with Gasteiger partial charge in [0, 0.05) is 26.2 Å². The van der Waals surface area contributed by atoms with Gasteiger partial charge < -0.3 is 14.5 Å². The van der Waals surface area contributed by atoms with Crippen LogP contribution in [0.2, 0.25) is 0 Å². The minimum atomic E-state index is 0.253. The molecule has 0 atom stereocenters. The van der Waals surface area contributed by atoms with Crippen LogP contribution in [-0.2, 0) is 11.3 Å². The Morgan fingerprint density at radius 1 is 1.40 bits per heavy atom. The minimum Gasteiger partial charge on any atom is -0.378 e. The molecule has 112 valence electrons. The number of ether oxygens (including phenoxy) is 1. The van der Waals surface area contributed by atoms with Crippen molar-refractivity contribution in [1.82, 2.24) is 9.88 Å². The molecule has 0 amide bonds. The van der Waals surface area contributed by atoms with Crippen LogP contribution in [0.1, 0.15) is 34.6 Å². The number of carbonyl (C=O) groups is 1. The molecule has 2 rings (SSSR count). The number of nitrogens with zero attached hydrogens (tertiary/aromatic N) is 3. The third-order valence-corrected chi connectivity index (χ3v) is 5.33. The van der Waals surface area contributed by atoms with Crippen LogP contribution in [0, 0.1) is 0 Å². The highest BCUT2D eigenvalue weighted by Crippen LogP contribution is 2.38. The van der Waals surface area contributed by atoms with Gasteiger partial charge in [0.15, 0.2) is 11.4 Å².